The van der Waals surface area contributed by atoms with Crippen molar-refractivity contribution < 1.29 is 4.79 Å². The second-order valence-electron chi connectivity index (χ2n) is 6.69. The first-order chi connectivity index (χ1) is 11.6. The van der Waals surface area contributed by atoms with Gasteiger partial charge in [-0.2, -0.15) is 0 Å². The zero-order chi connectivity index (χ0) is 16.7. The first-order valence-electron chi connectivity index (χ1n) is 8.29. The van der Waals surface area contributed by atoms with Crippen LogP contribution in [0.15, 0.2) is 24.3 Å². The van der Waals surface area contributed by atoms with Crippen molar-refractivity contribution in [1.29, 1.82) is 0 Å². The summed E-state index contributed by atoms with van der Waals surface area (Å²) in [5, 5.41) is 4.20. The number of rotatable bonds is 2. The van der Waals surface area contributed by atoms with Crippen LogP contribution in [0.4, 0.5) is 0 Å². The topological polar surface area (TPSA) is 77.2 Å². The van der Waals surface area contributed by atoms with Gasteiger partial charge in [0.05, 0.1) is 18.0 Å². The Labute approximate surface area is 150 Å². The van der Waals surface area contributed by atoms with Gasteiger partial charge in [0.15, 0.2) is 0 Å². The molecule has 1 amide bonds. The van der Waals surface area contributed by atoms with E-state index < -0.39 is 0 Å². The maximum absolute atomic E-state index is 12.0. The van der Waals surface area contributed by atoms with Gasteiger partial charge in [0.1, 0.15) is 0 Å². The molecule has 0 spiro atoms. The van der Waals surface area contributed by atoms with Gasteiger partial charge in [0, 0.05) is 34.7 Å². The molecule has 4 rings (SSSR count). The van der Waals surface area contributed by atoms with Crippen LogP contribution in [0.2, 0.25) is 5.02 Å². The molecule has 3 saturated heterocycles. The third-order valence-electron chi connectivity index (χ3n) is 5.21. The van der Waals surface area contributed by atoms with Gasteiger partial charge in [0.2, 0.25) is 5.91 Å². The Morgan fingerprint density at radius 2 is 1.96 bits per heavy atom. The molecule has 6 unspecified atom stereocenters. The molecule has 24 heavy (non-hydrogen) atoms. The van der Waals surface area contributed by atoms with Gasteiger partial charge in [0.25, 0.3) is 0 Å². The third-order valence-corrected chi connectivity index (χ3v) is 6.94. The smallest absolute Gasteiger partial charge is 0.231 e. The molecule has 0 radical (unpaired) electrons. The largest absolute Gasteiger partial charge is 0.338 e. The van der Waals surface area contributed by atoms with E-state index in [0.717, 1.165) is 11.6 Å². The quantitative estimate of drug-likeness (QED) is 0.531. The second kappa shape index (κ2) is 6.82. The van der Waals surface area contributed by atoms with Crippen LogP contribution < -0.4 is 27.0 Å². The minimum absolute atomic E-state index is 0.0148. The number of benzene rings is 1. The predicted molar refractivity (Wildman–Crippen MR) is 96.2 cm³/mol. The van der Waals surface area contributed by atoms with Crippen LogP contribution in [0.3, 0.4) is 0 Å². The summed E-state index contributed by atoms with van der Waals surface area (Å²) in [6.45, 7) is 3.06. The number of nitrogens with one attached hydrogen (secondary N) is 5. The van der Waals surface area contributed by atoms with Gasteiger partial charge in [-0.25, -0.2) is 10.9 Å². The molecule has 0 saturated carbocycles. The van der Waals surface area contributed by atoms with Crippen LogP contribution in [0.25, 0.3) is 0 Å². The molecule has 1 aromatic rings. The van der Waals surface area contributed by atoms with E-state index in [2.05, 4.69) is 46.1 Å². The monoisotopic (exact) mass is 367 g/mol. The lowest BCUT2D eigenvalue weighted by atomic mass is 9.82. The van der Waals surface area contributed by atoms with Gasteiger partial charge in [-0.1, -0.05) is 23.7 Å². The van der Waals surface area contributed by atoms with Crippen molar-refractivity contribution in [2.24, 2.45) is 11.8 Å². The molecule has 0 bridgehead atoms. The Balaban J connectivity index is 1.62. The summed E-state index contributed by atoms with van der Waals surface area (Å²) in [6.07, 6.45) is -0.0148. The lowest BCUT2D eigenvalue weighted by Gasteiger charge is -2.33. The number of halogens is 1. The molecule has 3 aliphatic rings. The second-order valence-corrected chi connectivity index (χ2v) is 8.30. The molecule has 3 fully saturated rings. The van der Waals surface area contributed by atoms with Crippen molar-refractivity contribution >= 4 is 29.3 Å². The summed E-state index contributed by atoms with van der Waals surface area (Å²) in [5.74, 6) is 1.34. The molecule has 0 aliphatic carbocycles. The number of carbonyl (C=O) groups is 1. The zero-order valence-corrected chi connectivity index (χ0v) is 15.0. The zero-order valence-electron chi connectivity index (χ0n) is 13.4. The van der Waals surface area contributed by atoms with Crippen molar-refractivity contribution in [2.75, 3.05) is 12.3 Å². The normalized spacial score (nSPS) is 39.3. The summed E-state index contributed by atoms with van der Waals surface area (Å²) >= 11 is 7.80. The summed E-state index contributed by atoms with van der Waals surface area (Å²) in [6, 6.07) is 8.54. The van der Waals surface area contributed by atoms with Crippen LogP contribution in [0.1, 0.15) is 18.5 Å². The fourth-order valence-corrected chi connectivity index (χ4v) is 5.70. The minimum atomic E-state index is -0.0148. The molecule has 130 valence electrons. The SMILES string of the molecule is CC1NNC2NC(=O)CSC(C3CNNC3c3ccc(Cl)cc3)C12. The van der Waals surface area contributed by atoms with Gasteiger partial charge >= 0.3 is 0 Å². The number of hydrazine groups is 2. The Kier molecular flexibility index (Phi) is 4.73. The Bertz CT molecular complexity index is 615. The van der Waals surface area contributed by atoms with Gasteiger partial charge in [-0.05, 0) is 24.6 Å². The van der Waals surface area contributed by atoms with Crippen LogP contribution >= 0.6 is 23.4 Å². The number of amides is 1. The van der Waals surface area contributed by atoms with E-state index in [0.29, 0.717) is 28.9 Å². The Hall–Kier alpha value is -0.830. The fourth-order valence-electron chi connectivity index (χ4n) is 4.03. The molecular formula is C16H22ClN5OS. The first-order valence-corrected chi connectivity index (χ1v) is 9.72. The third kappa shape index (κ3) is 3.05. The first kappa shape index (κ1) is 16.6. The highest BCUT2D eigenvalue weighted by Gasteiger charge is 2.48. The van der Waals surface area contributed by atoms with Crippen molar-refractivity contribution in [2.45, 2.75) is 30.4 Å². The fraction of sp³-hybridized carbons (Fsp3) is 0.562. The van der Waals surface area contributed by atoms with Crippen molar-refractivity contribution in [3.8, 4) is 0 Å². The summed E-state index contributed by atoms with van der Waals surface area (Å²) in [5.41, 5.74) is 14.5. The van der Waals surface area contributed by atoms with Gasteiger partial charge in [-0.15, -0.1) is 11.8 Å². The van der Waals surface area contributed by atoms with Crippen LogP contribution in [0.5, 0.6) is 0 Å². The Morgan fingerprint density at radius 3 is 2.75 bits per heavy atom. The summed E-state index contributed by atoms with van der Waals surface area (Å²) < 4.78 is 0. The molecule has 6 nitrogen and oxygen atoms in total. The lowest BCUT2D eigenvalue weighted by molar-refractivity contribution is -0.119. The number of carbonyl (C=O) groups excluding carboxylic acids is 1. The molecule has 3 aliphatic heterocycles. The molecule has 3 heterocycles. The van der Waals surface area contributed by atoms with Crippen LogP contribution in [-0.2, 0) is 4.79 Å². The highest BCUT2D eigenvalue weighted by molar-refractivity contribution is 8.00. The van der Waals surface area contributed by atoms with E-state index in [-0.39, 0.29) is 18.1 Å². The molecule has 6 atom stereocenters. The molecule has 5 N–H and O–H groups in total. The standard InChI is InChI=1S/C16H22ClN5OS/c1-8-13-15(24-7-12(23)19-16(13)22-20-8)11-6-18-21-14(11)9-2-4-10(17)5-3-9/h2-5,8,11,13-16,18,20-22H,6-7H2,1H3,(H,19,23). The van der Waals surface area contributed by atoms with Gasteiger partial charge < -0.3 is 5.32 Å². The van der Waals surface area contributed by atoms with Gasteiger partial charge in [-0.3, -0.25) is 15.6 Å². The molecule has 8 heteroatoms. The highest BCUT2D eigenvalue weighted by atomic mass is 35.5. The van der Waals surface area contributed by atoms with Crippen molar-refractivity contribution in [3.63, 3.8) is 0 Å². The molecule has 0 aromatic heterocycles. The molecule has 1 aromatic carbocycles. The highest BCUT2D eigenvalue weighted by Crippen LogP contribution is 2.41. The number of thioether (sulfide) groups is 1. The average Bonchev–Trinajstić information content (AvgIpc) is 3.14. The van der Waals surface area contributed by atoms with Crippen molar-refractivity contribution in [1.82, 2.24) is 27.0 Å². The maximum Gasteiger partial charge on any atom is 0.231 e. The van der Waals surface area contributed by atoms with E-state index in [4.69, 9.17) is 11.6 Å². The van der Waals surface area contributed by atoms with Crippen LogP contribution in [-0.4, -0.2) is 35.7 Å². The number of fused-ring (bicyclic) bond motifs is 1. The number of hydrogen-bond acceptors (Lipinski definition) is 6. The maximum atomic E-state index is 12.0. The summed E-state index contributed by atoms with van der Waals surface area (Å²) in [7, 11) is 0. The van der Waals surface area contributed by atoms with Crippen molar-refractivity contribution in [3.05, 3.63) is 34.9 Å². The van der Waals surface area contributed by atoms with E-state index in [1.165, 1.54) is 5.56 Å². The Morgan fingerprint density at radius 1 is 1.17 bits per heavy atom. The predicted octanol–water partition coefficient (Wildman–Crippen LogP) is 0.775. The average molecular weight is 368 g/mol. The van der Waals surface area contributed by atoms with E-state index >= 15 is 0 Å². The minimum Gasteiger partial charge on any atom is -0.338 e. The van der Waals surface area contributed by atoms with E-state index in [1.807, 2.05) is 12.1 Å². The molecular weight excluding hydrogens is 346 g/mol. The summed E-state index contributed by atoms with van der Waals surface area (Å²) in [4.78, 5) is 12.0. The lowest BCUT2D eigenvalue weighted by Crippen LogP contribution is -2.48. The number of hydrogen-bond donors (Lipinski definition) is 5. The van der Waals surface area contributed by atoms with E-state index in [9.17, 15) is 4.79 Å². The van der Waals surface area contributed by atoms with Crippen LogP contribution in [0, 0.1) is 11.8 Å². The van der Waals surface area contributed by atoms with E-state index in [1.54, 1.807) is 11.8 Å².